The van der Waals surface area contributed by atoms with Gasteiger partial charge in [0.05, 0.1) is 25.3 Å². The van der Waals surface area contributed by atoms with E-state index in [2.05, 4.69) is 17.1 Å². The molecule has 170 valence electrons. The summed E-state index contributed by atoms with van der Waals surface area (Å²) in [5, 5.41) is 9.44. The molecule has 7 heteroatoms. The second kappa shape index (κ2) is 10.4. The summed E-state index contributed by atoms with van der Waals surface area (Å²) in [6.07, 6.45) is 2.60. The summed E-state index contributed by atoms with van der Waals surface area (Å²) in [5.41, 5.74) is 5.04. The number of hydrogen-bond donors (Lipinski definition) is 1. The molecule has 0 saturated heterocycles. The molecule has 1 unspecified atom stereocenters. The highest BCUT2D eigenvalue weighted by Crippen LogP contribution is 2.44. The van der Waals surface area contributed by atoms with Crippen molar-refractivity contribution in [2.24, 2.45) is 5.92 Å². The zero-order valence-electron chi connectivity index (χ0n) is 17.9. The number of benzene rings is 2. The summed E-state index contributed by atoms with van der Waals surface area (Å²) in [4.78, 5) is 27.6. The topological polar surface area (TPSA) is 85.7 Å². The molecular weight excluding hydrogens is 425 g/mol. The molecule has 0 aliphatic heterocycles. The molecule has 0 amide bonds. The minimum absolute atomic E-state index is 0.0299. The number of fused-ring (bicyclic) bond motifs is 3. The lowest BCUT2D eigenvalue weighted by atomic mass is 9.98. The van der Waals surface area contributed by atoms with Crippen LogP contribution in [0.25, 0.3) is 11.1 Å². The maximum absolute atomic E-state index is 13.2. The molecule has 1 aliphatic rings. The van der Waals surface area contributed by atoms with Gasteiger partial charge in [-0.05, 0) is 40.3 Å². The lowest BCUT2D eigenvalue weighted by Gasteiger charge is -2.15. The number of carbonyl (C=O) groups excluding carboxylic acids is 1. The first-order valence-electron chi connectivity index (χ1n) is 10.8. The Morgan fingerprint density at radius 1 is 1.03 bits per heavy atom. The summed E-state index contributed by atoms with van der Waals surface area (Å²) in [6.45, 7) is 0.148. The smallest absolute Gasteiger partial charge is 0.308 e. The first kappa shape index (κ1) is 22.6. The van der Waals surface area contributed by atoms with Crippen LogP contribution in [0.3, 0.4) is 0 Å². The van der Waals surface area contributed by atoms with E-state index in [1.165, 1.54) is 12.3 Å². The Bertz CT molecular complexity index is 1100. The number of carboxylic acid groups (broad SMARTS) is 1. The molecule has 1 aliphatic carbocycles. The number of carboxylic acids is 1. The fourth-order valence-corrected chi connectivity index (χ4v) is 4.11. The number of aromatic nitrogens is 1. The van der Waals surface area contributed by atoms with Gasteiger partial charge in [0.2, 0.25) is 0 Å². The van der Waals surface area contributed by atoms with E-state index in [1.54, 1.807) is 0 Å². The zero-order valence-corrected chi connectivity index (χ0v) is 17.9. The molecule has 0 bridgehead atoms. The maximum atomic E-state index is 13.2. The molecule has 1 atom stereocenters. The Kier molecular flexibility index (Phi) is 7.10. The Morgan fingerprint density at radius 3 is 2.33 bits per heavy atom. The third kappa shape index (κ3) is 5.43. The number of hydrogen-bond acceptors (Lipinski definition) is 5. The van der Waals surface area contributed by atoms with Gasteiger partial charge in [0.1, 0.15) is 12.4 Å². The second-order valence-electron chi connectivity index (χ2n) is 8.01. The van der Waals surface area contributed by atoms with Gasteiger partial charge in [-0.3, -0.25) is 14.6 Å². The molecule has 6 nitrogen and oxygen atoms in total. The molecule has 0 fully saturated rings. The Balaban J connectivity index is 1.28. The number of rotatable bonds is 10. The number of ether oxygens (including phenoxy) is 2. The van der Waals surface area contributed by atoms with Gasteiger partial charge in [-0.2, -0.15) is 0 Å². The van der Waals surface area contributed by atoms with E-state index in [0.29, 0.717) is 5.56 Å². The van der Waals surface area contributed by atoms with Crippen molar-refractivity contribution in [3.8, 4) is 11.1 Å². The summed E-state index contributed by atoms with van der Waals surface area (Å²) >= 11 is 0. The third-order valence-corrected chi connectivity index (χ3v) is 5.77. The van der Waals surface area contributed by atoms with Crippen molar-refractivity contribution in [2.45, 2.75) is 25.4 Å². The average Bonchev–Trinajstić information content (AvgIpc) is 3.13. The highest BCUT2D eigenvalue weighted by molar-refractivity contribution is 5.79. The largest absolute Gasteiger partial charge is 0.481 e. The zero-order chi connectivity index (χ0) is 23.2. The van der Waals surface area contributed by atoms with Crippen LogP contribution in [-0.4, -0.2) is 35.2 Å². The van der Waals surface area contributed by atoms with Gasteiger partial charge in [0.15, 0.2) is 0 Å². The Hall–Kier alpha value is -3.58. The highest BCUT2D eigenvalue weighted by atomic mass is 19.1. The predicted octanol–water partition coefficient (Wildman–Crippen LogP) is 4.57. The van der Waals surface area contributed by atoms with Gasteiger partial charge < -0.3 is 14.6 Å². The third-order valence-electron chi connectivity index (χ3n) is 5.77. The van der Waals surface area contributed by atoms with Gasteiger partial charge in [0.25, 0.3) is 0 Å². The fourth-order valence-electron chi connectivity index (χ4n) is 4.11. The van der Waals surface area contributed by atoms with E-state index < -0.39 is 23.7 Å². The van der Waals surface area contributed by atoms with Crippen LogP contribution in [0.1, 0.15) is 35.4 Å². The number of carbonyl (C=O) groups is 2. The normalized spacial score (nSPS) is 13.2. The van der Waals surface area contributed by atoms with E-state index >= 15 is 0 Å². The standard InChI is InChI=1S/C26H24FNO5/c27-19-11-17(12-28-13-19)14-32-15-18(26(30)31)9-10-25(29)33-16-24-22-7-3-1-5-20(22)21-6-2-4-8-23(21)24/h1-8,11-13,18,24H,9-10,14-16H2,(H,30,31). The lowest BCUT2D eigenvalue weighted by molar-refractivity contribution is -0.147. The molecule has 1 aromatic heterocycles. The Labute approximate surface area is 191 Å². The molecule has 33 heavy (non-hydrogen) atoms. The number of aliphatic carboxylic acids is 1. The van der Waals surface area contributed by atoms with Gasteiger partial charge in [-0.25, -0.2) is 4.39 Å². The van der Waals surface area contributed by atoms with Crippen molar-refractivity contribution < 1.29 is 28.6 Å². The molecule has 4 rings (SSSR count). The van der Waals surface area contributed by atoms with Gasteiger partial charge in [-0.1, -0.05) is 48.5 Å². The number of pyridine rings is 1. The number of esters is 1. The molecular formula is C26H24FNO5. The van der Waals surface area contributed by atoms with Crippen molar-refractivity contribution in [2.75, 3.05) is 13.2 Å². The van der Waals surface area contributed by atoms with Crippen LogP contribution in [0.2, 0.25) is 0 Å². The average molecular weight is 449 g/mol. The van der Waals surface area contributed by atoms with Crippen molar-refractivity contribution in [3.63, 3.8) is 0 Å². The predicted molar refractivity (Wildman–Crippen MR) is 119 cm³/mol. The van der Waals surface area contributed by atoms with Crippen molar-refractivity contribution in [1.82, 2.24) is 4.98 Å². The van der Waals surface area contributed by atoms with Gasteiger partial charge in [0, 0.05) is 18.5 Å². The summed E-state index contributed by atoms with van der Waals surface area (Å²) < 4.78 is 24.1. The summed E-state index contributed by atoms with van der Waals surface area (Å²) in [5.74, 6) is -2.90. The van der Waals surface area contributed by atoms with Crippen LogP contribution in [0, 0.1) is 11.7 Å². The Morgan fingerprint density at radius 2 is 1.70 bits per heavy atom. The van der Waals surface area contributed by atoms with E-state index in [0.717, 1.165) is 28.5 Å². The number of halogens is 1. The van der Waals surface area contributed by atoms with E-state index in [4.69, 9.17) is 9.47 Å². The van der Waals surface area contributed by atoms with Crippen molar-refractivity contribution in [1.29, 1.82) is 0 Å². The van der Waals surface area contributed by atoms with Crippen molar-refractivity contribution >= 4 is 11.9 Å². The monoisotopic (exact) mass is 449 g/mol. The molecule has 0 radical (unpaired) electrons. The van der Waals surface area contributed by atoms with Crippen LogP contribution in [0.5, 0.6) is 0 Å². The molecule has 3 aromatic rings. The first-order valence-corrected chi connectivity index (χ1v) is 10.8. The van der Waals surface area contributed by atoms with Crippen LogP contribution in [0.4, 0.5) is 4.39 Å². The summed E-state index contributed by atoms with van der Waals surface area (Å²) in [6, 6.07) is 17.4. The maximum Gasteiger partial charge on any atom is 0.308 e. The highest BCUT2D eigenvalue weighted by Gasteiger charge is 2.29. The van der Waals surface area contributed by atoms with E-state index in [9.17, 15) is 19.1 Å². The minimum Gasteiger partial charge on any atom is -0.481 e. The SMILES string of the molecule is O=C(CCC(COCc1cncc(F)c1)C(=O)O)OCC1c2ccccc2-c2ccccc21. The van der Waals surface area contributed by atoms with Gasteiger partial charge >= 0.3 is 11.9 Å². The van der Waals surface area contributed by atoms with Crippen LogP contribution in [0.15, 0.2) is 67.0 Å². The second-order valence-corrected chi connectivity index (χ2v) is 8.01. The molecule has 1 heterocycles. The van der Waals surface area contributed by atoms with E-state index in [1.807, 2.05) is 36.4 Å². The van der Waals surface area contributed by atoms with Crippen LogP contribution >= 0.6 is 0 Å². The quantitative estimate of drug-likeness (QED) is 0.456. The molecule has 0 saturated carbocycles. The lowest BCUT2D eigenvalue weighted by Crippen LogP contribution is -2.22. The van der Waals surface area contributed by atoms with Crippen molar-refractivity contribution in [3.05, 3.63) is 89.5 Å². The molecule has 1 N–H and O–H groups in total. The van der Waals surface area contributed by atoms with Crippen LogP contribution in [-0.2, 0) is 25.7 Å². The minimum atomic E-state index is -1.06. The number of nitrogens with zero attached hydrogens (tertiary/aromatic N) is 1. The molecule has 2 aromatic carbocycles. The first-order chi connectivity index (χ1) is 16.0. The van der Waals surface area contributed by atoms with E-state index in [-0.39, 0.29) is 38.6 Å². The molecule has 0 spiro atoms. The summed E-state index contributed by atoms with van der Waals surface area (Å²) in [7, 11) is 0. The van der Waals surface area contributed by atoms with Gasteiger partial charge in [-0.15, -0.1) is 0 Å². The van der Waals surface area contributed by atoms with Crippen LogP contribution < -0.4 is 0 Å². The fraction of sp³-hybridized carbons (Fsp3) is 0.269.